The molecule has 1 unspecified atom stereocenters. The van der Waals surface area contributed by atoms with E-state index in [0.717, 1.165) is 5.92 Å². The largest absolute Gasteiger partial charge is 0.0654 e. The molecule has 0 bridgehead atoms. The van der Waals surface area contributed by atoms with E-state index in [-0.39, 0.29) is 0 Å². The monoisotopic (exact) mass is 167 g/mol. The first-order chi connectivity index (χ1) is 5.34. The van der Waals surface area contributed by atoms with Gasteiger partial charge in [0.25, 0.3) is 0 Å². The number of rotatable bonds is 4. The summed E-state index contributed by atoms with van der Waals surface area (Å²) in [6, 6.07) is 0. The fourth-order valence-corrected chi connectivity index (χ4v) is 2.16. The number of hydrogen-bond acceptors (Lipinski definition) is 0. The number of hydrogen-bond donors (Lipinski definition) is 0. The average Bonchev–Trinajstić information content (AvgIpc) is 2.52. The van der Waals surface area contributed by atoms with E-state index in [9.17, 15) is 0 Å². The van der Waals surface area contributed by atoms with Crippen LogP contribution in [0.4, 0.5) is 0 Å². The fourth-order valence-electron chi connectivity index (χ4n) is 1.26. The predicted molar refractivity (Wildman–Crippen MR) is 52.8 cm³/mol. The summed E-state index contributed by atoms with van der Waals surface area (Å²) in [7, 11) is 1.43. The highest BCUT2D eigenvalue weighted by Gasteiger charge is 2.08. The molecule has 0 aliphatic carbocycles. The van der Waals surface area contributed by atoms with Crippen molar-refractivity contribution in [2.24, 2.45) is 5.92 Å². The van der Waals surface area contributed by atoms with Gasteiger partial charge in [-0.15, -0.1) is 0 Å². The van der Waals surface area contributed by atoms with Crippen molar-refractivity contribution < 1.29 is 0 Å². The second-order valence-electron chi connectivity index (χ2n) is 3.11. The lowest BCUT2D eigenvalue weighted by Crippen LogP contribution is -1.93. The normalized spacial score (nSPS) is 20.7. The van der Waals surface area contributed by atoms with E-state index in [4.69, 9.17) is 0 Å². The number of unbranched alkanes of at least 4 members (excludes halogenated alkanes) is 1. The van der Waals surface area contributed by atoms with Gasteiger partial charge in [-0.3, -0.25) is 0 Å². The van der Waals surface area contributed by atoms with Gasteiger partial charge in [0.05, 0.1) is 0 Å². The molecule has 0 saturated heterocycles. The van der Waals surface area contributed by atoms with Crippen molar-refractivity contribution in [3.8, 4) is 0 Å². The Bertz CT molecular complexity index is 168. The van der Waals surface area contributed by atoms with Crippen molar-refractivity contribution >= 4 is 8.58 Å². The highest BCUT2D eigenvalue weighted by atomic mass is 31.1. The fraction of sp³-hybridized carbons (Fsp3) is 0.600. The van der Waals surface area contributed by atoms with Gasteiger partial charge in [0.2, 0.25) is 0 Å². The first-order valence-corrected chi connectivity index (χ1v) is 5.38. The van der Waals surface area contributed by atoms with Crippen LogP contribution in [0.25, 0.3) is 0 Å². The Kier molecular flexibility index (Phi) is 3.86. The molecule has 0 nitrogen and oxygen atoms in total. The summed E-state index contributed by atoms with van der Waals surface area (Å²) in [4.78, 5) is 0. The summed E-state index contributed by atoms with van der Waals surface area (Å²) in [5, 5.41) is 1.60. The van der Waals surface area contributed by atoms with Gasteiger partial charge >= 0.3 is 0 Å². The van der Waals surface area contributed by atoms with Crippen molar-refractivity contribution in [2.45, 2.75) is 33.1 Å². The molecule has 1 aliphatic heterocycles. The zero-order chi connectivity index (χ0) is 8.10. The zero-order valence-electron chi connectivity index (χ0n) is 7.38. The van der Waals surface area contributed by atoms with Gasteiger partial charge in [0, 0.05) is 0 Å². The minimum absolute atomic E-state index is 0.798. The Morgan fingerprint density at radius 2 is 2.36 bits per heavy atom. The van der Waals surface area contributed by atoms with Crippen molar-refractivity contribution in [2.75, 3.05) is 0 Å². The molecule has 0 N–H and O–H groups in total. The molecule has 0 spiro atoms. The van der Waals surface area contributed by atoms with Gasteiger partial charge in [0.15, 0.2) is 0 Å². The van der Waals surface area contributed by atoms with Crippen LogP contribution in [0.1, 0.15) is 33.1 Å². The summed E-state index contributed by atoms with van der Waals surface area (Å²) in [5.74, 6) is 3.02. The van der Waals surface area contributed by atoms with E-state index in [1.165, 1.54) is 27.8 Å². The summed E-state index contributed by atoms with van der Waals surface area (Å²) in [5.41, 5.74) is 0. The molecule has 61 valence electrons. The van der Waals surface area contributed by atoms with Crippen LogP contribution in [0, 0.1) is 5.92 Å². The molecule has 1 radical (unpaired) electrons. The first-order valence-electron chi connectivity index (χ1n) is 4.42. The van der Waals surface area contributed by atoms with Crippen LogP contribution in [0.5, 0.6) is 0 Å². The van der Waals surface area contributed by atoms with Crippen LogP contribution in [0.2, 0.25) is 0 Å². The molecule has 0 aromatic rings. The molecule has 11 heavy (non-hydrogen) atoms. The minimum atomic E-state index is 0.798. The maximum Gasteiger partial charge on any atom is -0.0179 e. The average molecular weight is 167 g/mol. The molecule has 0 amide bonds. The lowest BCUT2D eigenvalue weighted by Gasteiger charge is -2.10. The molecule has 1 aliphatic rings. The van der Waals surface area contributed by atoms with E-state index in [2.05, 4.69) is 31.8 Å². The Hall–Kier alpha value is -0.0900. The molecule has 0 aromatic heterocycles. The van der Waals surface area contributed by atoms with Crippen LogP contribution in [0.15, 0.2) is 23.3 Å². The molecule has 1 heterocycles. The molecule has 0 fully saturated rings. The van der Waals surface area contributed by atoms with Gasteiger partial charge in [-0.1, -0.05) is 44.7 Å². The maximum absolute atomic E-state index is 2.33. The van der Waals surface area contributed by atoms with Crippen molar-refractivity contribution in [3.05, 3.63) is 23.3 Å². The van der Waals surface area contributed by atoms with Crippen LogP contribution >= 0.6 is 8.58 Å². The molecule has 0 saturated carbocycles. The maximum atomic E-state index is 2.33. The third-order valence-electron chi connectivity index (χ3n) is 2.07. The van der Waals surface area contributed by atoms with Crippen LogP contribution < -0.4 is 0 Å². The van der Waals surface area contributed by atoms with Crippen molar-refractivity contribution in [1.82, 2.24) is 0 Å². The summed E-state index contributed by atoms with van der Waals surface area (Å²) in [6.07, 6.45) is 8.48. The highest BCUT2D eigenvalue weighted by molar-refractivity contribution is 7.47. The number of allylic oxidation sites excluding steroid dienone is 3. The first kappa shape index (κ1) is 9.00. The quantitative estimate of drug-likeness (QED) is 0.551. The molecular formula is C10H16P. The van der Waals surface area contributed by atoms with Crippen LogP contribution in [-0.4, -0.2) is 0 Å². The van der Waals surface area contributed by atoms with E-state index in [1.54, 1.807) is 5.31 Å². The second-order valence-corrected chi connectivity index (χ2v) is 4.18. The minimum Gasteiger partial charge on any atom is -0.0654 e. The summed E-state index contributed by atoms with van der Waals surface area (Å²) >= 11 is 0. The molecule has 1 atom stereocenters. The van der Waals surface area contributed by atoms with Crippen molar-refractivity contribution in [3.63, 3.8) is 0 Å². The molecular weight excluding hydrogens is 151 g/mol. The smallest absolute Gasteiger partial charge is 0.0179 e. The summed E-state index contributed by atoms with van der Waals surface area (Å²) < 4.78 is 0. The van der Waals surface area contributed by atoms with E-state index < -0.39 is 0 Å². The lowest BCUT2D eigenvalue weighted by atomic mass is 10.0. The zero-order valence-corrected chi connectivity index (χ0v) is 8.27. The Morgan fingerprint density at radius 3 is 2.91 bits per heavy atom. The Balaban J connectivity index is 2.24. The summed E-state index contributed by atoms with van der Waals surface area (Å²) in [6.45, 7) is 4.59. The van der Waals surface area contributed by atoms with Gasteiger partial charge in [0.1, 0.15) is 0 Å². The molecule has 1 rings (SSSR count). The SMILES string of the molecule is CCCCC(C)C1=CC=C[P]1. The van der Waals surface area contributed by atoms with Gasteiger partial charge in [-0.05, 0) is 26.2 Å². The lowest BCUT2D eigenvalue weighted by molar-refractivity contribution is 0.591. The molecule has 0 aromatic carbocycles. The third kappa shape index (κ3) is 2.79. The van der Waals surface area contributed by atoms with E-state index in [1.807, 2.05) is 0 Å². The topological polar surface area (TPSA) is 0 Å². The van der Waals surface area contributed by atoms with Crippen LogP contribution in [0.3, 0.4) is 0 Å². The Morgan fingerprint density at radius 1 is 1.55 bits per heavy atom. The Labute approximate surface area is 71.6 Å². The van der Waals surface area contributed by atoms with E-state index >= 15 is 0 Å². The van der Waals surface area contributed by atoms with Crippen LogP contribution in [-0.2, 0) is 0 Å². The van der Waals surface area contributed by atoms with Crippen molar-refractivity contribution in [1.29, 1.82) is 0 Å². The predicted octanol–water partition coefficient (Wildman–Crippen LogP) is 4.17. The second kappa shape index (κ2) is 4.72. The molecule has 1 heteroatoms. The third-order valence-corrected chi connectivity index (χ3v) is 3.28. The van der Waals surface area contributed by atoms with E-state index in [0.29, 0.717) is 0 Å². The highest BCUT2D eigenvalue weighted by Crippen LogP contribution is 2.37. The standard InChI is InChI=1S/C10H16P/c1-3-4-6-9(2)10-7-5-8-11-10/h5,7-9H,3-4,6H2,1-2H3. The van der Waals surface area contributed by atoms with Gasteiger partial charge in [-0.2, -0.15) is 0 Å². The van der Waals surface area contributed by atoms with Gasteiger partial charge < -0.3 is 0 Å². The van der Waals surface area contributed by atoms with Gasteiger partial charge in [-0.25, -0.2) is 0 Å².